The molecule has 0 saturated heterocycles. The fourth-order valence-corrected chi connectivity index (χ4v) is 3.69. The van der Waals surface area contributed by atoms with Gasteiger partial charge in [-0.15, -0.1) is 11.3 Å². The van der Waals surface area contributed by atoms with Crippen LogP contribution in [0.4, 0.5) is 5.69 Å². The Kier molecular flexibility index (Phi) is 5.29. The first-order chi connectivity index (χ1) is 9.96. The molecule has 1 aromatic heterocycles. The van der Waals surface area contributed by atoms with Gasteiger partial charge in [-0.05, 0) is 56.5 Å². The van der Waals surface area contributed by atoms with E-state index in [1.807, 2.05) is 13.0 Å². The summed E-state index contributed by atoms with van der Waals surface area (Å²) in [5, 5.41) is 2.89. The highest BCUT2D eigenvalue weighted by Gasteiger charge is 2.15. The molecular weight excluding hydrogens is 422 g/mol. The van der Waals surface area contributed by atoms with E-state index in [9.17, 15) is 4.79 Å². The maximum atomic E-state index is 12.3. The van der Waals surface area contributed by atoms with Gasteiger partial charge in [0, 0.05) is 16.2 Å². The Hall–Kier alpha value is -1.05. The average molecular weight is 435 g/mol. The van der Waals surface area contributed by atoms with Gasteiger partial charge >= 0.3 is 0 Å². The van der Waals surface area contributed by atoms with E-state index < -0.39 is 0 Å². The van der Waals surface area contributed by atoms with Gasteiger partial charge in [-0.25, -0.2) is 0 Å². The Balaban J connectivity index is 2.28. The van der Waals surface area contributed by atoms with Crippen molar-refractivity contribution in [3.8, 4) is 11.5 Å². The minimum Gasteiger partial charge on any atom is -0.493 e. The van der Waals surface area contributed by atoms with Crippen molar-refractivity contribution in [2.75, 3.05) is 19.5 Å². The molecule has 2 rings (SSSR count). The molecule has 21 heavy (non-hydrogen) atoms. The summed E-state index contributed by atoms with van der Waals surface area (Å²) < 4.78 is 12.2. The molecule has 4 nitrogen and oxygen atoms in total. The van der Waals surface area contributed by atoms with E-state index in [2.05, 4.69) is 37.2 Å². The van der Waals surface area contributed by atoms with Gasteiger partial charge in [-0.3, -0.25) is 4.79 Å². The first-order valence-corrected chi connectivity index (χ1v) is 8.35. The molecule has 0 aliphatic carbocycles. The number of carbonyl (C=O) groups excluding carboxylic acids is 1. The van der Waals surface area contributed by atoms with E-state index in [0.29, 0.717) is 22.1 Å². The summed E-state index contributed by atoms with van der Waals surface area (Å²) in [5.74, 6) is 1.04. The van der Waals surface area contributed by atoms with Gasteiger partial charge in [0.05, 0.1) is 22.9 Å². The second kappa shape index (κ2) is 6.81. The quantitative estimate of drug-likeness (QED) is 0.747. The van der Waals surface area contributed by atoms with Crippen LogP contribution in [0.25, 0.3) is 0 Å². The lowest BCUT2D eigenvalue weighted by molar-refractivity contribution is 0.103. The number of benzene rings is 1. The number of ether oxygens (including phenoxy) is 2. The largest absolute Gasteiger partial charge is 0.493 e. The Bertz CT molecular complexity index is 666. The number of aryl methyl sites for hydroxylation is 1. The minimum absolute atomic E-state index is 0.165. The number of anilines is 1. The Morgan fingerprint density at radius 2 is 1.76 bits per heavy atom. The van der Waals surface area contributed by atoms with Crippen molar-refractivity contribution in [3.63, 3.8) is 0 Å². The number of nitrogens with one attached hydrogen (secondary N) is 1. The van der Waals surface area contributed by atoms with Crippen LogP contribution >= 0.6 is 43.2 Å². The first-order valence-electron chi connectivity index (χ1n) is 5.95. The molecule has 0 fully saturated rings. The second-order valence-electron chi connectivity index (χ2n) is 4.21. The van der Waals surface area contributed by atoms with Gasteiger partial charge in [0.1, 0.15) is 0 Å². The SMILES string of the molecule is COc1cc(C)c(NC(=O)c2cc(Br)c(Br)s2)cc1OC. The second-order valence-corrected chi connectivity index (χ2v) is 7.43. The zero-order chi connectivity index (χ0) is 15.6. The summed E-state index contributed by atoms with van der Waals surface area (Å²) in [6, 6.07) is 5.36. The van der Waals surface area contributed by atoms with Crippen LogP contribution in [0, 0.1) is 6.92 Å². The van der Waals surface area contributed by atoms with Crippen molar-refractivity contribution >= 4 is 54.8 Å². The maximum absolute atomic E-state index is 12.3. The molecule has 0 spiro atoms. The highest BCUT2D eigenvalue weighted by atomic mass is 79.9. The van der Waals surface area contributed by atoms with Crippen LogP contribution in [-0.2, 0) is 0 Å². The van der Waals surface area contributed by atoms with Crippen molar-refractivity contribution in [1.29, 1.82) is 0 Å². The summed E-state index contributed by atoms with van der Waals surface area (Å²) in [5.41, 5.74) is 1.59. The van der Waals surface area contributed by atoms with E-state index in [1.54, 1.807) is 26.4 Å². The van der Waals surface area contributed by atoms with Gasteiger partial charge < -0.3 is 14.8 Å². The number of hydrogen-bond donors (Lipinski definition) is 1. The van der Waals surface area contributed by atoms with Crippen LogP contribution in [0.1, 0.15) is 15.2 Å². The molecule has 2 aromatic rings. The van der Waals surface area contributed by atoms with Crippen LogP contribution < -0.4 is 14.8 Å². The predicted octanol–water partition coefficient (Wildman–Crippen LogP) is 4.85. The van der Waals surface area contributed by atoms with E-state index in [-0.39, 0.29) is 5.91 Å². The fourth-order valence-electron chi connectivity index (χ4n) is 1.76. The number of hydrogen-bond acceptors (Lipinski definition) is 4. The number of carbonyl (C=O) groups is 1. The predicted molar refractivity (Wildman–Crippen MR) is 92.0 cm³/mol. The molecule has 0 aliphatic rings. The van der Waals surface area contributed by atoms with Gasteiger partial charge in [0.25, 0.3) is 5.91 Å². The average Bonchev–Trinajstić information content (AvgIpc) is 2.80. The summed E-state index contributed by atoms with van der Waals surface area (Å²) >= 11 is 8.12. The molecule has 0 aliphatic heterocycles. The molecule has 0 radical (unpaired) electrons. The maximum Gasteiger partial charge on any atom is 0.265 e. The zero-order valence-electron chi connectivity index (χ0n) is 11.6. The van der Waals surface area contributed by atoms with E-state index >= 15 is 0 Å². The van der Waals surface area contributed by atoms with Gasteiger partial charge in [-0.2, -0.15) is 0 Å². The topological polar surface area (TPSA) is 47.6 Å². The van der Waals surface area contributed by atoms with Crippen molar-refractivity contribution in [3.05, 3.63) is 36.9 Å². The summed E-state index contributed by atoms with van der Waals surface area (Å²) in [7, 11) is 3.14. The van der Waals surface area contributed by atoms with Crippen LogP contribution in [0.5, 0.6) is 11.5 Å². The molecular formula is C14H13Br2NO3S. The number of rotatable bonds is 4. The number of thiophene rings is 1. The molecule has 1 aromatic carbocycles. The van der Waals surface area contributed by atoms with Gasteiger partial charge in [-0.1, -0.05) is 0 Å². The van der Waals surface area contributed by atoms with Gasteiger partial charge in [0.2, 0.25) is 0 Å². The highest BCUT2D eigenvalue weighted by Crippen LogP contribution is 2.35. The standard InChI is InChI=1S/C14H13Br2NO3S/c1-7-4-10(19-2)11(20-3)6-9(7)17-14(18)12-5-8(15)13(16)21-12/h4-6H,1-3H3,(H,17,18). The van der Waals surface area contributed by atoms with E-state index in [0.717, 1.165) is 13.8 Å². The monoisotopic (exact) mass is 433 g/mol. The molecule has 1 heterocycles. The molecule has 0 atom stereocenters. The Labute approximate surface area is 143 Å². The van der Waals surface area contributed by atoms with Crippen molar-refractivity contribution in [2.24, 2.45) is 0 Å². The van der Waals surface area contributed by atoms with Crippen molar-refractivity contribution in [1.82, 2.24) is 0 Å². The van der Waals surface area contributed by atoms with E-state index in [1.165, 1.54) is 11.3 Å². The fraction of sp³-hybridized carbons (Fsp3) is 0.214. The van der Waals surface area contributed by atoms with E-state index in [4.69, 9.17) is 9.47 Å². The Morgan fingerprint density at radius 3 is 2.29 bits per heavy atom. The third kappa shape index (κ3) is 3.59. The molecule has 0 bridgehead atoms. The summed E-state index contributed by atoms with van der Waals surface area (Å²) in [4.78, 5) is 12.9. The number of amides is 1. The van der Waals surface area contributed by atoms with Crippen LogP contribution in [0.15, 0.2) is 26.5 Å². The number of methoxy groups -OCH3 is 2. The van der Waals surface area contributed by atoms with Crippen LogP contribution in [0.3, 0.4) is 0 Å². The molecule has 0 saturated carbocycles. The number of halogens is 2. The van der Waals surface area contributed by atoms with Crippen molar-refractivity contribution in [2.45, 2.75) is 6.92 Å². The molecule has 1 N–H and O–H groups in total. The first kappa shape index (κ1) is 16.3. The van der Waals surface area contributed by atoms with Crippen LogP contribution in [-0.4, -0.2) is 20.1 Å². The lowest BCUT2D eigenvalue weighted by Crippen LogP contribution is -2.11. The Morgan fingerprint density at radius 1 is 1.14 bits per heavy atom. The normalized spacial score (nSPS) is 10.3. The zero-order valence-corrected chi connectivity index (χ0v) is 15.6. The van der Waals surface area contributed by atoms with Crippen molar-refractivity contribution < 1.29 is 14.3 Å². The lowest BCUT2D eigenvalue weighted by atomic mass is 10.1. The summed E-state index contributed by atoms with van der Waals surface area (Å²) in [6.07, 6.45) is 0. The lowest BCUT2D eigenvalue weighted by Gasteiger charge is -2.13. The smallest absolute Gasteiger partial charge is 0.265 e. The minimum atomic E-state index is -0.165. The van der Waals surface area contributed by atoms with Gasteiger partial charge in [0.15, 0.2) is 11.5 Å². The molecule has 7 heteroatoms. The highest BCUT2D eigenvalue weighted by molar-refractivity contribution is 9.13. The third-order valence-electron chi connectivity index (χ3n) is 2.85. The summed E-state index contributed by atoms with van der Waals surface area (Å²) in [6.45, 7) is 1.90. The van der Waals surface area contributed by atoms with Crippen LogP contribution in [0.2, 0.25) is 0 Å². The molecule has 0 unspecified atom stereocenters. The third-order valence-corrected chi connectivity index (χ3v) is 6.10. The molecule has 1 amide bonds. The molecule has 112 valence electrons.